The third kappa shape index (κ3) is 2.91. The molecule has 1 aromatic heterocycles. The van der Waals surface area contributed by atoms with Crippen molar-refractivity contribution in [1.82, 2.24) is 9.88 Å². The molecule has 0 aliphatic rings. The molecular weight excluding hydrogens is 216 g/mol. The first-order chi connectivity index (χ1) is 5.70. The largest absolute Gasteiger partial charge is 0.309 e. The first-order valence-corrected chi connectivity index (χ1v) is 4.73. The topological polar surface area (TPSA) is 16.1 Å². The first kappa shape index (κ1) is 9.68. The molecule has 0 amide bonds. The first-order valence-electron chi connectivity index (χ1n) is 3.94. The van der Waals surface area contributed by atoms with Gasteiger partial charge in [-0.2, -0.15) is 0 Å². The Hall–Kier alpha value is -0.410. The van der Waals surface area contributed by atoms with Crippen LogP contribution in [0.5, 0.6) is 0 Å². The van der Waals surface area contributed by atoms with Gasteiger partial charge in [-0.1, -0.05) is 0 Å². The van der Waals surface area contributed by atoms with Gasteiger partial charge in [-0.25, -0.2) is 0 Å². The number of halogens is 1. The van der Waals surface area contributed by atoms with E-state index < -0.39 is 0 Å². The molecule has 2 nitrogen and oxygen atoms in total. The molecule has 1 aromatic rings. The van der Waals surface area contributed by atoms with E-state index in [-0.39, 0.29) is 0 Å². The molecule has 0 aromatic carbocycles. The van der Waals surface area contributed by atoms with Crippen molar-refractivity contribution >= 4 is 15.9 Å². The summed E-state index contributed by atoms with van der Waals surface area (Å²) in [5, 5.41) is 0. The quantitative estimate of drug-likeness (QED) is 0.787. The molecule has 12 heavy (non-hydrogen) atoms. The van der Waals surface area contributed by atoms with E-state index in [9.17, 15) is 0 Å². The summed E-state index contributed by atoms with van der Waals surface area (Å²) in [5.41, 5.74) is 1.13. The molecule has 1 heterocycles. The molecule has 0 aliphatic heterocycles. The van der Waals surface area contributed by atoms with Crippen LogP contribution >= 0.6 is 15.9 Å². The van der Waals surface area contributed by atoms with Crippen molar-refractivity contribution in [2.75, 3.05) is 20.6 Å². The Morgan fingerprint density at radius 1 is 1.50 bits per heavy atom. The molecule has 0 unspecified atom stereocenters. The Kier molecular flexibility index (Phi) is 3.69. The van der Waals surface area contributed by atoms with Crippen molar-refractivity contribution in [1.29, 1.82) is 0 Å². The highest BCUT2D eigenvalue weighted by Crippen LogP contribution is 2.13. The van der Waals surface area contributed by atoms with E-state index in [4.69, 9.17) is 0 Å². The second-order valence-electron chi connectivity index (χ2n) is 2.99. The zero-order chi connectivity index (χ0) is 8.97. The molecule has 1 rings (SSSR count). The Morgan fingerprint density at radius 3 is 2.83 bits per heavy atom. The molecule has 3 heteroatoms. The number of pyridine rings is 1. The highest BCUT2D eigenvalue weighted by Gasteiger charge is 1.99. The standard InChI is InChI=1S/C9H13BrN2/c1-12(2)7-5-9-8(10)4-3-6-11-9/h3-4,6H,5,7H2,1-2H3. The van der Waals surface area contributed by atoms with Gasteiger partial charge in [0.2, 0.25) is 0 Å². The minimum absolute atomic E-state index is 0.994. The zero-order valence-corrected chi connectivity index (χ0v) is 9.00. The number of likely N-dealkylation sites (N-methyl/N-ethyl adjacent to an activating group) is 1. The summed E-state index contributed by atoms with van der Waals surface area (Å²) in [7, 11) is 4.13. The Morgan fingerprint density at radius 2 is 2.25 bits per heavy atom. The van der Waals surface area contributed by atoms with Gasteiger partial charge >= 0.3 is 0 Å². The summed E-state index contributed by atoms with van der Waals surface area (Å²) < 4.78 is 1.10. The van der Waals surface area contributed by atoms with Crippen LogP contribution in [0.4, 0.5) is 0 Å². The number of aromatic nitrogens is 1. The minimum atomic E-state index is 0.994. The van der Waals surface area contributed by atoms with E-state index in [1.54, 1.807) is 0 Å². The number of rotatable bonds is 3. The third-order valence-electron chi connectivity index (χ3n) is 1.63. The van der Waals surface area contributed by atoms with Gasteiger partial charge in [0.1, 0.15) is 0 Å². The monoisotopic (exact) mass is 228 g/mol. The van der Waals surface area contributed by atoms with Crippen LogP contribution in [0.1, 0.15) is 5.69 Å². The Balaban J connectivity index is 2.57. The Bertz CT molecular complexity index is 248. The molecule has 66 valence electrons. The van der Waals surface area contributed by atoms with Gasteiger partial charge in [-0.3, -0.25) is 4.98 Å². The van der Waals surface area contributed by atoms with Crippen LogP contribution in [0.15, 0.2) is 22.8 Å². The zero-order valence-electron chi connectivity index (χ0n) is 7.42. The molecule has 0 saturated heterocycles. The van der Waals surface area contributed by atoms with Crippen molar-refractivity contribution in [3.05, 3.63) is 28.5 Å². The van der Waals surface area contributed by atoms with Crippen molar-refractivity contribution < 1.29 is 0 Å². The number of hydrogen-bond acceptors (Lipinski definition) is 2. The molecule has 0 atom stereocenters. The lowest BCUT2D eigenvalue weighted by Gasteiger charge is -2.09. The molecule has 0 aliphatic carbocycles. The van der Waals surface area contributed by atoms with Crippen LogP contribution in [0.3, 0.4) is 0 Å². The fraction of sp³-hybridized carbons (Fsp3) is 0.444. The summed E-state index contributed by atoms with van der Waals surface area (Å²) in [6.07, 6.45) is 2.82. The van der Waals surface area contributed by atoms with E-state index in [0.29, 0.717) is 0 Å². The maximum Gasteiger partial charge on any atom is 0.0558 e. The maximum atomic E-state index is 4.28. The molecule has 0 N–H and O–H groups in total. The van der Waals surface area contributed by atoms with E-state index in [2.05, 4.69) is 39.9 Å². The predicted molar refractivity (Wildman–Crippen MR) is 54.2 cm³/mol. The Labute approximate surface area is 81.7 Å². The summed E-state index contributed by atoms with van der Waals surface area (Å²) >= 11 is 3.47. The average molecular weight is 229 g/mol. The molecule has 0 bridgehead atoms. The van der Waals surface area contributed by atoms with Crippen molar-refractivity contribution in [2.24, 2.45) is 0 Å². The lowest BCUT2D eigenvalue weighted by molar-refractivity contribution is 0.411. The van der Waals surface area contributed by atoms with Gasteiger partial charge in [-0.15, -0.1) is 0 Å². The molecular formula is C9H13BrN2. The molecule has 0 saturated carbocycles. The van der Waals surface area contributed by atoms with Crippen LogP contribution in [0.25, 0.3) is 0 Å². The lowest BCUT2D eigenvalue weighted by Crippen LogP contribution is -2.15. The smallest absolute Gasteiger partial charge is 0.0558 e. The fourth-order valence-electron chi connectivity index (χ4n) is 0.932. The summed E-state index contributed by atoms with van der Waals surface area (Å²) in [4.78, 5) is 6.43. The minimum Gasteiger partial charge on any atom is -0.309 e. The molecule has 0 fully saturated rings. The van der Waals surface area contributed by atoms with Crippen LogP contribution in [0, 0.1) is 0 Å². The number of hydrogen-bond donors (Lipinski definition) is 0. The van der Waals surface area contributed by atoms with Gasteiger partial charge in [0.15, 0.2) is 0 Å². The highest BCUT2D eigenvalue weighted by molar-refractivity contribution is 9.10. The van der Waals surface area contributed by atoms with Crippen molar-refractivity contribution in [3.63, 3.8) is 0 Å². The SMILES string of the molecule is CN(C)CCc1ncccc1Br. The normalized spacial score (nSPS) is 10.7. The van der Waals surface area contributed by atoms with Crippen LogP contribution < -0.4 is 0 Å². The van der Waals surface area contributed by atoms with Crippen molar-refractivity contribution in [3.8, 4) is 0 Å². The van der Waals surface area contributed by atoms with Gasteiger partial charge in [0, 0.05) is 23.6 Å². The van der Waals surface area contributed by atoms with Crippen LogP contribution in [0.2, 0.25) is 0 Å². The van der Waals surface area contributed by atoms with E-state index in [1.165, 1.54) is 0 Å². The van der Waals surface area contributed by atoms with E-state index >= 15 is 0 Å². The summed E-state index contributed by atoms with van der Waals surface area (Å²) in [5.74, 6) is 0. The maximum absolute atomic E-state index is 4.28. The predicted octanol–water partition coefficient (Wildman–Crippen LogP) is 1.95. The second-order valence-corrected chi connectivity index (χ2v) is 3.84. The fourth-order valence-corrected chi connectivity index (χ4v) is 1.39. The van der Waals surface area contributed by atoms with E-state index in [1.807, 2.05) is 18.3 Å². The van der Waals surface area contributed by atoms with Crippen LogP contribution in [-0.2, 0) is 6.42 Å². The lowest BCUT2D eigenvalue weighted by atomic mass is 10.2. The van der Waals surface area contributed by atoms with Gasteiger partial charge in [0.25, 0.3) is 0 Å². The average Bonchev–Trinajstić information content (AvgIpc) is 2.03. The van der Waals surface area contributed by atoms with Gasteiger partial charge < -0.3 is 4.90 Å². The second kappa shape index (κ2) is 4.58. The third-order valence-corrected chi connectivity index (χ3v) is 2.35. The van der Waals surface area contributed by atoms with Gasteiger partial charge in [-0.05, 0) is 42.2 Å². The summed E-state index contributed by atoms with van der Waals surface area (Å²) in [6.45, 7) is 1.04. The molecule has 0 spiro atoms. The number of nitrogens with zero attached hydrogens (tertiary/aromatic N) is 2. The highest BCUT2D eigenvalue weighted by atomic mass is 79.9. The van der Waals surface area contributed by atoms with Gasteiger partial charge in [0.05, 0.1) is 5.69 Å². The summed E-state index contributed by atoms with van der Waals surface area (Å²) in [6, 6.07) is 3.96. The van der Waals surface area contributed by atoms with Crippen LogP contribution in [-0.4, -0.2) is 30.5 Å². The molecule has 0 radical (unpaired) electrons. The van der Waals surface area contributed by atoms with Crippen molar-refractivity contribution in [2.45, 2.75) is 6.42 Å². The van der Waals surface area contributed by atoms with E-state index in [0.717, 1.165) is 23.1 Å².